The Morgan fingerprint density at radius 3 is 2.41 bits per heavy atom. The van der Waals surface area contributed by atoms with Crippen LogP contribution in [0.25, 0.3) is 6.08 Å². The van der Waals surface area contributed by atoms with Crippen molar-refractivity contribution in [2.45, 2.75) is 27.7 Å². The fourth-order valence-electron chi connectivity index (χ4n) is 2.52. The quantitative estimate of drug-likeness (QED) is 0.665. The highest BCUT2D eigenvalue weighted by Crippen LogP contribution is 2.20. The summed E-state index contributed by atoms with van der Waals surface area (Å²) in [4.78, 5) is 26.3. The van der Waals surface area contributed by atoms with E-state index in [1.165, 1.54) is 6.08 Å². The molecule has 4 heteroatoms. The van der Waals surface area contributed by atoms with Crippen molar-refractivity contribution in [2.75, 3.05) is 0 Å². The molecule has 0 aliphatic carbocycles. The second-order valence-corrected chi connectivity index (χ2v) is 5.49. The van der Waals surface area contributed by atoms with Crippen LogP contribution in [0.2, 0.25) is 0 Å². The minimum absolute atomic E-state index is 0.0704. The van der Waals surface area contributed by atoms with Gasteiger partial charge < -0.3 is 10.1 Å². The Morgan fingerprint density at radius 2 is 1.82 bits per heavy atom. The summed E-state index contributed by atoms with van der Waals surface area (Å²) in [6.07, 6.45) is 3.27. The highest BCUT2D eigenvalue weighted by atomic mass is 16.4. The predicted octanol–water partition coefficient (Wildman–Crippen LogP) is 3.84. The maximum absolute atomic E-state index is 12.4. The van der Waals surface area contributed by atoms with Gasteiger partial charge in [0, 0.05) is 11.3 Å². The van der Waals surface area contributed by atoms with Gasteiger partial charge in [-0.15, -0.1) is 0 Å². The van der Waals surface area contributed by atoms with Gasteiger partial charge in [0.25, 0.3) is 0 Å². The van der Waals surface area contributed by atoms with Gasteiger partial charge in [-0.25, -0.2) is 4.79 Å². The molecule has 114 valence electrons. The topological polar surface area (TPSA) is 70.2 Å². The summed E-state index contributed by atoms with van der Waals surface area (Å²) in [5.41, 5.74) is 4.74. The van der Waals surface area contributed by atoms with Gasteiger partial charge in [-0.2, -0.15) is 0 Å². The maximum atomic E-state index is 12.4. The van der Waals surface area contributed by atoms with Crippen molar-refractivity contribution in [3.05, 3.63) is 63.5 Å². The van der Waals surface area contributed by atoms with Gasteiger partial charge >= 0.3 is 5.97 Å². The van der Waals surface area contributed by atoms with E-state index in [9.17, 15) is 9.59 Å². The fraction of sp³-hybridized carbons (Fsp3) is 0.222. The molecule has 1 heterocycles. The van der Waals surface area contributed by atoms with Crippen molar-refractivity contribution >= 4 is 17.8 Å². The lowest BCUT2D eigenvalue weighted by Crippen LogP contribution is -2.01. The van der Waals surface area contributed by atoms with Gasteiger partial charge in [0.15, 0.2) is 5.78 Å². The monoisotopic (exact) mass is 297 g/mol. The summed E-state index contributed by atoms with van der Waals surface area (Å²) in [6, 6.07) is 6.04. The molecule has 0 atom stereocenters. The molecule has 2 aromatic rings. The Kier molecular flexibility index (Phi) is 4.31. The number of aromatic carboxylic acids is 1. The van der Waals surface area contributed by atoms with Crippen LogP contribution in [-0.4, -0.2) is 21.8 Å². The Labute approximate surface area is 129 Å². The summed E-state index contributed by atoms with van der Waals surface area (Å²) >= 11 is 0. The summed E-state index contributed by atoms with van der Waals surface area (Å²) in [5, 5.41) is 9.10. The van der Waals surface area contributed by atoms with E-state index in [-0.39, 0.29) is 11.5 Å². The number of carboxylic acids is 1. The number of nitrogens with one attached hydrogen (secondary N) is 1. The SMILES string of the molecule is Cc1ccc(C)c(/C=C/C(=O)c2c(C)[nH]c(C(=O)O)c2C)c1. The van der Waals surface area contributed by atoms with E-state index in [1.54, 1.807) is 19.9 Å². The first-order valence-corrected chi connectivity index (χ1v) is 7.03. The molecule has 4 nitrogen and oxygen atoms in total. The summed E-state index contributed by atoms with van der Waals surface area (Å²) in [5.74, 6) is -1.25. The molecule has 0 spiro atoms. The van der Waals surface area contributed by atoms with E-state index in [0.717, 1.165) is 16.7 Å². The first kappa shape index (κ1) is 15.8. The summed E-state index contributed by atoms with van der Waals surface area (Å²) in [7, 11) is 0. The van der Waals surface area contributed by atoms with E-state index in [4.69, 9.17) is 5.11 Å². The number of aryl methyl sites for hydroxylation is 3. The van der Waals surface area contributed by atoms with E-state index in [2.05, 4.69) is 4.98 Å². The number of aromatic nitrogens is 1. The number of allylic oxidation sites excluding steroid dienone is 1. The molecule has 0 unspecified atom stereocenters. The largest absolute Gasteiger partial charge is 0.477 e. The third-order valence-corrected chi connectivity index (χ3v) is 3.75. The Balaban J connectivity index is 2.35. The average molecular weight is 297 g/mol. The van der Waals surface area contributed by atoms with Crippen LogP contribution in [0.5, 0.6) is 0 Å². The number of carbonyl (C=O) groups is 2. The zero-order valence-electron chi connectivity index (χ0n) is 13.2. The molecule has 0 saturated heterocycles. The minimum Gasteiger partial charge on any atom is -0.477 e. The molecule has 22 heavy (non-hydrogen) atoms. The zero-order valence-corrected chi connectivity index (χ0v) is 13.2. The Hall–Kier alpha value is -2.62. The zero-order chi connectivity index (χ0) is 16.4. The van der Waals surface area contributed by atoms with Crippen molar-refractivity contribution in [2.24, 2.45) is 0 Å². The molecule has 0 fully saturated rings. The van der Waals surface area contributed by atoms with Crippen LogP contribution in [0.3, 0.4) is 0 Å². The van der Waals surface area contributed by atoms with Crippen molar-refractivity contribution in [3.63, 3.8) is 0 Å². The molecule has 0 radical (unpaired) electrons. The molecule has 2 rings (SSSR count). The van der Waals surface area contributed by atoms with Crippen LogP contribution < -0.4 is 0 Å². The average Bonchev–Trinajstić information content (AvgIpc) is 2.75. The number of hydrogen-bond acceptors (Lipinski definition) is 2. The van der Waals surface area contributed by atoms with Crippen molar-refractivity contribution in [3.8, 4) is 0 Å². The van der Waals surface area contributed by atoms with Crippen LogP contribution >= 0.6 is 0 Å². The first-order chi connectivity index (χ1) is 10.3. The van der Waals surface area contributed by atoms with Gasteiger partial charge in [-0.05, 0) is 50.5 Å². The number of ketones is 1. The number of H-pyrrole nitrogens is 1. The lowest BCUT2D eigenvalue weighted by molar-refractivity contribution is 0.0690. The minimum atomic E-state index is -1.06. The Bertz CT molecular complexity index is 782. The number of aromatic amines is 1. The number of benzene rings is 1. The Morgan fingerprint density at radius 1 is 1.14 bits per heavy atom. The van der Waals surface area contributed by atoms with Crippen LogP contribution in [0.4, 0.5) is 0 Å². The standard InChI is InChI=1S/C18H19NO3/c1-10-5-6-11(2)14(9-10)7-8-15(20)16-12(3)17(18(21)22)19-13(16)4/h5-9,19H,1-4H3,(H,21,22)/b8-7+. The van der Waals surface area contributed by atoms with E-state index in [1.807, 2.05) is 32.0 Å². The van der Waals surface area contributed by atoms with Gasteiger partial charge in [0.2, 0.25) is 0 Å². The van der Waals surface area contributed by atoms with E-state index >= 15 is 0 Å². The molecule has 1 aromatic carbocycles. The van der Waals surface area contributed by atoms with Gasteiger partial charge in [-0.1, -0.05) is 29.8 Å². The summed E-state index contributed by atoms with van der Waals surface area (Å²) < 4.78 is 0. The third-order valence-electron chi connectivity index (χ3n) is 3.75. The number of carboxylic acid groups (broad SMARTS) is 1. The van der Waals surface area contributed by atoms with Crippen LogP contribution in [0.1, 0.15) is 48.8 Å². The number of hydrogen-bond donors (Lipinski definition) is 2. The van der Waals surface area contributed by atoms with Gasteiger partial charge in [0.1, 0.15) is 5.69 Å². The highest BCUT2D eigenvalue weighted by molar-refractivity contribution is 6.10. The van der Waals surface area contributed by atoms with E-state index < -0.39 is 5.97 Å². The smallest absolute Gasteiger partial charge is 0.352 e. The van der Waals surface area contributed by atoms with Crippen molar-refractivity contribution in [1.82, 2.24) is 4.98 Å². The van der Waals surface area contributed by atoms with Crippen molar-refractivity contribution in [1.29, 1.82) is 0 Å². The maximum Gasteiger partial charge on any atom is 0.352 e. The highest BCUT2D eigenvalue weighted by Gasteiger charge is 2.19. The molecule has 2 N–H and O–H groups in total. The molecule has 0 aliphatic heterocycles. The molecular formula is C18H19NO3. The normalized spacial score (nSPS) is 11.1. The predicted molar refractivity (Wildman–Crippen MR) is 86.5 cm³/mol. The first-order valence-electron chi connectivity index (χ1n) is 7.03. The van der Waals surface area contributed by atoms with E-state index in [0.29, 0.717) is 16.8 Å². The van der Waals surface area contributed by atoms with Gasteiger partial charge in [-0.3, -0.25) is 4.79 Å². The third kappa shape index (κ3) is 3.01. The molecule has 0 saturated carbocycles. The molecule has 1 aromatic heterocycles. The number of carbonyl (C=O) groups excluding carboxylic acids is 1. The van der Waals surface area contributed by atoms with Crippen molar-refractivity contribution < 1.29 is 14.7 Å². The lowest BCUT2D eigenvalue weighted by Gasteiger charge is -2.02. The van der Waals surface area contributed by atoms with Crippen LogP contribution in [0.15, 0.2) is 24.3 Å². The van der Waals surface area contributed by atoms with Crippen LogP contribution in [-0.2, 0) is 0 Å². The lowest BCUT2D eigenvalue weighted by atomic mass is 10.0. The summed E-state index contributed by atoms with van der Waals surface area (Å²) in [6.45, 7) is 7.33. The molecule has 0 bridgehead atoms. The van der Waals surface area contributed by atoms with Gasteiger partial charge in [0.05, 0.1) is 0 Å². The molecular weight excluding hydrogens is 278 g/mol. The van der Waals surface area contributed by atoms with Crippen LogP contribution in [0, 0.1) is 27.7 Å². The molecule has 0 aliphatic rings. The molecule has 0 amide bonds. The number of rotatable bonds is 4. The second kappa shape index (κ2) is 6.02. The fourth-order valence-corrected chi connectivity index (χ4v) is 2.52. The second-order valence-electron chi connectivity index (χ2n) is 5.49.